The minimum absolute atomic E-state index is 0.157. The van der Waals surface area contributed by atoms with Gasteiger partial charge in [-0.25, -0.2) is 0 Å². The highest BCUT2D eigenvalue weighted by atomic mass is 16.5. The van der Waals surface area contributed by atoms with Crippen molar-refractivity contribution >= 4 is 17.9 Å². The lowest BCUT2D eigenvalue weighted by atomic mass is 10.1. The number of nitrogens with zero attached hydrogens (tertiary/aromatic N) is 3. The van der Waals surface area contributed by atoms with Gasteiger partial charge in [0.1, 0.15) is 11.5 Å². The summed E-state index contributed by atoms with van der Waals surface area (Å²) in [5.74, 6) is 1.98. The third kappa shape index (κ3) is 9.21. The van der Waals surface area contributed by atoms with E-state index in [1.807, 2.05) is 70.5 Å². The second-order valence-corrected chi connectivity index (χ2v) is 9.69. The molecule has 0 radical (unpaired) electrons. The molecule has 7 nitrogen and oxygen atoms in total. The van der Waals surface area contributed by atoms with Gasteiger partial charge in [-0.3, -0.25) is 14.5 Å². The fourth-order valence-corrected chi connectivity index (χ4v) is 4.63. The van der Waals surface area contributed by atoms with Crippen molar-refractivity contribution in [3.05, 3.63) is 65.7 Å². The summed E-state index contributed by atoms with van der Waals surface area (Å²) in [5, 5.41) is 0. The van der Waals surface area contributed by atoms with E-state index in [2.05, 4.69) is 11.8 Å². The molecule has 2 aromatic carbocycles. The van der Waals surface area contributed by atoms with Crippen LogP contribution in [0.2, 0.25) is 0 Å². The van der Waals surface area contributed by atoms with Crippen molar-refractivity contribution in [3.63, 3.8) is 0 Å². The molecule has 1 heterocycles. The van der Waals surface area contributed by atoms with Gasteiger partial charge in [0.25, 0.3) is 0 Å². The molecule has 38 heavy (non-hydrogen) atoms. The Bertz CT molecular complexity index is 1030. The second kappa shape index (κ2) is 15.8. The van der Waals surface area contributed by atoms with Crippen LogP contribution in [-0.4, -0.2) is 86.5 Å². The van der Waals surface area contributed by atoms with Crippen molar-refractivity contribution < 1.29 is 19.1 Å². The average molecular weight is 522 g/mol. The Morgan fingerprint density at radius 1 is 0.947 bits per heavy atom. The third-order valence-electron chi connectivity index (χ3n) is 7.03. The molecule has 0 unspecified atom stereocenters. The van der Waals surface area contributed by atoms with Crippen molar-refractivity contribution in [3.8, 4) is 11.5 Å². The number of hydrogen-bond acceptors (Lipinski definition) is 5. The summed E-state index contributed by atoms with van der Waals surface area (Å²) in [4.78, 5) is 32.1. The van der Waals surface area contributed by atoms with Gasteiger partial charge in [-0.05, 0) is 30.2 Å². The molecule has 1 aliphatic heterocycles. The van der Waals surface area contributed by atoms with Crippen molar-refractivity contribution in [2.45, 2.75) is 39.0 Å². The summed E-state index contributed by atoms with van der Waals surface area (Å²) >= 11 is 0. The third-order valence-corrected chi connectivity index (χ3v) is 7.03. The number of rotatable bonds is 14. The summed E-state index contributed by atoms with van der Waals surface area (Å²) < 4.78 is 10.6. The predicted molar refractivity (Wildman–Crippen MR) is 152 cm³/mol. The SMILES string of the molecule is CCCCCC(=O)N(C/C=C/c1ccccc1OC)CCN1CCN(C(=O)Cc2ccc(OC)cc2)CC1. The molecular formula is C31H43N3O4. The van der Waals surface area contributed by atoms with Gasteiger partial charge < -0.3 is 19.3 Å². The van der Waals surface area contributed by atoms with Gasteiger partial charge in [-0.15, -0.1) is 0 Å². The standard InChI is InChI=1S/C31H43N3O4/c1-4-5-6-13-30(35)33(18-9-11-27-10-7-8-12-29(27)38-3)22-19-32-20-23-34(24-21-32)31(36)25-26-14-16-28(37-2)17-15-26/h7-12,14-17H,4-6,13,18-25H2,1-3H3/b11-9+. The quantitative estimate of drug-likeness (QED) is 0.342. The van der Waals surface area contributed by atoms with Gasteiger partial charge in [0, 0.05) is 57.8 Å². The Morgan fingerprint density at radius 2 is 1.68 bits per heavy atom. The monoisotopic (exact) mass is 521 g/mol. The number of hydrogen-bond donors (Lipinski definition) is 0. The summed E-state index contributed by atoms with van der Waals surface area (Å²) in [7, 11) is 3.31. The number of ether oxygens (including phenoxy) is 2. The lowest BCUT2D eigenvalue weighted by molar-refractivity contribution is -0.132. The molecule has 0 aliphatic carbocycles. The van der Waals surface area contributed by atoms with E-state index in [1.54, 1.807) is 14.2 Å². The van der Waals surface area contributed by atoms with E-state index in [9.17, 15) is 9.59 Å². The van der Waals surface area contributed by atoms with Crippen molar-refractivity contribution in [1.82, 2.24) is 14.7 Å². The summed E-state index contributed by atoms with van der Waals surface area (Å²) in [6, 6.07) is 15.6. The highest BCUT2D eigenvalue weighted by molar-refractivity contribution is 5.79. The molecule has 0 saturated carbocycles. The molecule has 1 saturated heterocycles. The molecule has 0 spiro atoms. The maximum atomic E-state index is 13.0. The second-order valence-electron chi connectivity index (χ2n) is 9.69. The molecule has 1 fully saturated rings. The van der Waals surface area contributed by atoms with E-state index >= 15 is 0 Å². The van der Waals surface area contributed by atoms with E-state index in [4.69, 9.17) is 9.47 Å². The molecule has 0 N–H and O–H groups in total. The maximum absolute atomic E-state index is 13.0. The molecule has 0 atom stereocenters. The van der Waals surface area contributed by atoms with E-state index < -0.39 is 0 Å². The van der Waals surface area contributed by atoms with E-state index in [0.717, 1.165) is 61.5 Å². The first-order chi connectivity index (χ1) is 18.5. The van der Waals surface area contributed by atoms with Crippen LogP contribution < -0.4 is 9.47 Å². The number of methoxy groups -OCH3 is 2. The minimum Gasteiger partial charge on any atom is -0.497 e. The first-order valence-electron chi connectivity index (χ1n) is 13.7. The number of benzene rings is 2. The first-order valence-corrected chi connectivity index (χ1v) is 13.7. The molecular weight excluding hydrogens is 478 g/mol. The van der Waals surface area contributed by atoms with Crippen LogP contribution in [0, 0.1) is 0 Å². The fraction of sp³-hybridized carbons (Fsp3) is 0.484. The number of piperazine rings is 1. The largest absolute Gasteiger partial charge is 0.497 e. The van der Waals surface area contributed by atoms with Gasteiger partial charge in [0.15, 0.2) is 0 Å². The zero-order valence-corrected chi connectivity index (χ0v) is 23.2. The smallest absolute Gasteiger partial charge is 0.227 e. The summed E-state index contributed by atoms with van der Waals surface area (Å²) in [5.41, 5.74) is 2.00. The molecule has 206 valence electrons. The highest BCUT2D eigenvalue weighted by Crippen LogP contribution is 2.19. The number of para-hydroxylation sites is 1. The minimum atomic E-state index is 0.157. The normalized spacial score (nSPS) is 14.0. The van der Waals surface area contributed by atoms with Gasteiger partial charge in [0.05, 0.1) is 20.6 Å². The number of amides is 2. The van der Waals surface area contributed by atoms with Crippen LogP contribution in [0.4, 0.5) is 0 Å². The predicted octanol–water partition coefficient (Wildman–Crippen LogP) is 4.51. The Balaban J connectivity index is 1.49. The van der Waals surface area contributed by atoms with Crippen molar-refractivity contribution in [2.75, 3.05) is 60.0 Å². The van der Waals surface area contributed by atoms with E-state index in [0.29, 0.717) is 39.0 Å². The zero-order chi connectivity index (χ0) is 27.2. The molecule has 7 heteroatoms. The van der Waals surface area contributed by atoms with Gasteiger partial charge in [-0.2, -0.15) is 0 Å². The van der Waals surface area contributed by atoms with Crippen LogP contribution in [0.5, 0.6) is 11.5 Å². The lowest BCUT2D eigenvalue weighted by Crippen LogP contribution is -2.51. The van der Waals surface area contributed by atoms with Crippen molar-refractivity contribution in [1.29, 1.82) is 0 Å². The molecule has 2 amide bonds. The Labute approximate surface area is 228 Å². The van der Waals surface area contributed by atoms with Crippen LogP contribution in [-0.2, 0) is 16.0 Å². The van der Waals surface area contributed by atoms with Crippen LogP contribution in [0.25, 0.3) is 6.08 Å². The van der Waals surface area contributed by atoms with E-state index in [1.165, 1.54) is 0 Å². The molecule has 0 aromatic heterocycles. The van der Waals surface area contributed by atoms with Crippen LogP contribution >= 0.6 is 0 Å². The number of unbranched alkanes of at least 4 members (excludes halogenated alkanes) is 2. The van der Waals surface area contributed by atoms with Crippen LogP contribution in [0.1, 0.15) is 43.7 Å². The number of carbonyl (C=O) groups is 2. The molecule has 1 aliphatic rings. The molecule has 0 bridgehead atoms. The zero-order valence-electron chi connectivity index (χ0n) is 23.2. The average Bonchev–Trinajstić information content (AvgIpc) is 2.95. The first kappa shape index (κ1) is 29.2. The van der Waals surface area contributed by atoms with Crippen LogP contribution in [0.3, 0.4) is 0 Å². The summed E-state index contributed by atoms with van der Waals surface area (Å²) in [6.45, 7) is 7.29. The highest BCUT2D eigenvalue weighted by Gasteiger charge is 2.22. The number of carbonyl (C=O) groups excluding carboxylic acids is 2. The lowest BCUT2D eigenvalue weighted by Gasteiger charge is -2.36. The van der Waals surface area contributed by atoms with Gasteiger partial charge >= 0.3 is 0 Å². The summed E-state index contributed by atoms with van der Waals surface area (Å²) in [6.07, 6.45) is 8.17. The molecule has 3 rings (SSSR count). The fourth-order valence-electron chi connectivity index (χ4n) is 4.63. The van der Waals surface area contributed by atoms with Crippen LogP contribution in [0.15, 0.2) is 54.6 Å². The Morgan fingerprint density at radius 3 is 2.37 bits per heavy atom. The Kier molecular flexibility index (Phi) is 12.2. The van der Waals surface area contributed by atoms with Crippen molar-refractivity contribution in [2.24, 2.45) is 0 Å². The maximum Gasteiger partial charge on any atom is 0.227 e. The topological polar surface area (TPSA) is 62.3 Å². The van der Waals surface area contributed by atoms with Gasteiger partial charge in [0.2, 0.25) is 11.8 Å². The molecule has 2 aromatic rings. The van der Waals surface area contributed by atoms with E-state index in [-0.39, 0.29) is 11.8 Å². The Hall–Kier alpha value is -3.32. The van der Waals surface area contributed by atoms with Gasteiger partial charge in [-0.1, -0.05) is 62.2 Å².